The zero-order valence-corrected chi connectivity index (χ0v) is 16.8. The number of imidazole rings is 1. The molecule has 1 heterocycles. The Balaban J connectivity index is 2.16. The zero-order valence-electron chi connectivity index (χ0n) is 14.6. The largest absolute Gasteiger partial charge is 0.390 e. The molecule has 27 heavy (non-hydrogen) atoms. The highest BCUT2D eigenvalue weighted by molar-refractivity contribution is 14.1. The third kappa shape index (κ3) is 3.09. The quantitative estimate of drug-likeness (QED) is 0.325. The van der Waals surface area contributed by atoms with Gasteiger partial charge in [-0.2, -0.15) is 0 Å². The first-order chi connectivity index (χ1) is 13.3. The summed E-state index contributed by atoms with van der Waals surface area (Å²) in [6.45, 7) is -0.122. The molecule has 0 bridgehead atoms. The summed E-state index contributed by atoms with van der Waals surface area (Å²) in [6.07, 6.45) is 0. The van der Waals surface area contributed by atoms with E-state index in [1.807, 2.05) is 18.2 Å². The van der Waals surface area contributed by atoms with Gasteiger partial charge in [0.05, 0.1) is 23.4 Å². The standard InChI is InChI=1S/C23H19IN2O/c24-22-25-20(16-27)21(26-22)23(17-10-4-1-5-11-17,18-12-6-2-7-13-18)19-14-8-3-9-15-19/h1-15,27H,16H2,(H,25,26). The van der Waals surface area contributed by atoms with Crippen molar-refractivity contribution in [3.63, 3.8) is 0 Å². The molecule has 0 aliphatic heterocycles. The van der Waals surface area contributed by atoms with Crippen molar-refractivity contribution in [2.45, 2.75) is 12.0 Å². The lowest BCUT2D eigenvalue weighted by atomic mass is 9.66. The molecule has 4 aromatic rings. The van der Waals surface area contributed by atoms with Crippen molar-refractivity contribution in [2.75, 3.05) is 0 Å². The highest BCUT2D eigenvalue weighted by Gasteiger charge is 2.41. The minimum atomic E-state index is -0.599. The van der Waals surface area contributed by atoms with Crippen LogP contribution in [0.1, 0.15) is 28.1 Å². The van der Waals surface area contributed by atoms with Crippen LogP contribution < -0.4 is 0 Å². The number of nitrogens with zero attached hydrogens (tertiary/aromatic N) is 1. The summed E-state index contributed by atoms with van der Waals surface area (Å²) in [5, 5.41) is 10.0. The number of nitrogens with one attached hydrogen (secondary N) is 1. The molecule has 0 aliphatic rings. The molecule has 3 aromatic carbocycles. The highest BCUT2D eigenvalue weighted by atomic mass is 127. The van der Waals surface area contributed by atoms with Gasteiger partial charge in [-0.3, -0.25) is 0 Å². The van der Waals surface area contributed by atoms with Gasteiger partial charge >= 0.3 is 0 Å². The molecule has 0 atom stereocenters. The molecule has 4 heteroatoms. The molecular weight excluding hydrogens is 447 g/mol. The smallest absolute Gasteiger partial charge is 0.169 e. The molecule has 1 aromatic heterocycles. The minimum absolute atomic E-state index is 0.122. The molecule has 2 N–H and O–H groups in total. The van der Waals surface area contributed by atoms with Gasteiger partial charge in [0, 0.05) is 0 Å². The average Bonchev–Trinajstić information content (AvgIpc) is 3.12. The van der Waals surface area contributed by atoms with Crippen LogP contribution in [0.15, 0.2) is 91.0 Å². The number of hydrogen-bond donors (Lipinski definition) is 2. The van der Waals surface area contributed by atoms with E-state index in [1.165, 1.54) is 0 Å². The monoisotopic (exact) mass is 466 g/mol. The van der Waals surface area contributed by atoms with Crippen molar-refractivity contribution in [2.24, 2.45) is 0 Å². The topological polar surface area (TPSA) is 48.9 Å². The summed E-state index contributed by atoms with van der Waals surface area (Å²) in [4.78, 5) is 8.00. The Hall–Kier alpha value is -2.44. The summed E-state index contributed by atoms with van der Waals surface area (Å²) >= 11 is 2.17. The van der Waals surface area contributed by atoms with E-state index in [2.05, 4.69) is 105 Å². The Morgan fingerprint density at radius 3 is 1.52 bits per heavy atom. The molecule has 0 saturated heterocycles. The Morgan fingerprint density at radius 1 is 0.741 bits per heavy atom. The summed E-state index contributed by atoms with van der Waals surface area (Å²) in [5.74, 6) is 0. The van der Waals surface area contributed by atoms with E-state index in [4.69, 9.17) is 0 Å². The molecule has 0 aliphatic carbocycles. The fourth-order valence-electron chi connectivity index (χ4n) is 3.80. The van der Waals surface area contributed by atoms with Crippen LogP contribution in [0.25, 0.3) is 0 Å². The second-order valence-electron chi connectivity index (χ2n) is 6.36. The van der Waals surface area contributed by atoms with E-state index in [0.717, 1.165) is 26.2 Å². The molecule has 0 radical (unpaired) electrons. The second-order valence-corrected chi connectivity index (χ2v) is 7.38. The van der Waals surface area contributed by atoms with Crippen molar-refractivity contribution in [3.8, 4) is 0 Å². The number of rotatable bonds is 5. The number of benzene rings is 3. The lowest BCUT2D eigenvalue weighted by Gasteiger charge is -2.35. The Morgan fingerprint density at radius 2 is 1.15 bits per heavy atom. The van der Waals surface area contributed by atoms with Crippen LogP contribution in [0.5, 0.6) is 0 Å². The summed E-state index contributed by atoms with van der Waals surface area (Å²) in [6, 6.07) is 31.2. The van der Waals surface area contributed by atoms with E-state index in [9.17, 15) is 5.11 Å². The number of aromatic amines is 1. The van der Waals surface area contributed by atoms with Crippen LogP contribution in [0.4, 0.5) is 0 Å². The second kappa shape index (κ2) is 7.66. The number of H-pyrrole nitrogens is 1. The molecule has 0 spiro atoms. The van der Waals surface area contributed by atoms with Crippen LogP contribution in [0.2, 0.25) is 0 Å². The molecule has 3 nitrogen and oxygen atoms in total. The lowest BCUT2D eigenvalue weighted by molar-refractivity contribution is 0.275. The number of hydrogen-bond acceptors (Lipinski definition) is 2. The Bertz CT molecular complexity index is 918. The highest BCUT2D eigenvalue weighted by Crippen LogP contribution is 2.45. The first-order valence-electron chi connectivity index (χ1n) is 8.79. The fourth-order valence-corrected chi connectivity index (χ4v) is 4.36. The molecule has 0 unspecified atom stereocenters. The summed E-state index contributed by atoms with van der Waals surface area (Å²) < 4.78 is 0.763. The first kappa shape index (κ1) is 17.9. The van der Waals surface area contributed by atoms with Gasteiger partial charge in [-0.1, -0.05) is 91.0 Å². The maximum atomic E-state index is 10.0. The van der Waals surface area contributed by atoms with E-state index in [0.29, 0.717) is 5.69 Å². The van der Waals surface area contributed by atoms with Crippen molar-refractivity contribution in [3.05, 3.63) is 123 Å². The van der Waals surface area contributed by atoms with Gasteiger partial charge in [0.15, 0.2) is 3.83 Å². The molecule has 134 valence electrons. The van der Waals surface area contributed by atoms with E-state index in [1.54, 1.807) is 0 Å². The van der Waals surface area contributed by atoms with Gasteiger partial charge in [-0.15, -0.1) is 0 Å². The average molecular weight is 466 g/mol. The normalized spacial score (nSPS) is 11.5. The van der Waals surface area contributed by atoms with E-state index >= 15 is 0 Å². The number of aliphatic hydroxyl groups excluding tert-OH is 1. The zero-order chi connectivity index (χ0) is 18.7. The third-order valence-electron chi connectivity index (χ3n) is 4.90. The van der Waals surface area contributed by atoms with Gasteiger partial charge < -0.3 is 10.1 Å². The maximum Gasteiger partial charge on any atom is 0.169 e. The molecule has 0 saturated carbocycles. The predicted molar refractivity (Wildman–Crippen MR) is 116 cm³/mol. The molecule has 0 fully saturated rings. The van der Waals surface area contributed by atoms with Gasteiger partial charge in [0.2, 0.25) is 0 Å². The molecule has 4 rings (SSSR count). The Kier molecular flexibility index (Phi) is 5.09. The van der Waals surface area contributed by atoms with Crippen LogP contribution in [0, 0.1) is 3.83 Å². The van der Waals surface area contributed by atoms with Crippen LogP contribution in [0.3, 0.4) is 0 Å². The van der Waals surface area contributed by atoms with Crippen molar-refractivity contribution in [1.29, 1.82) is 0 Å². The lowest BCUT2D eigenvalue weighted by Crippen LogP contribution is -2.32. The van der Waals surface area contributed by atoms with E-state index in [-0.39, 0.29) is 6.61 Å². The third-order valence-corrected chi connectivity index (χ3v) is 5.41. The summed E-state index contributed by atoms with van der Waals surface area (Å²) in [7, 11) is 0. The van der Waals surface area contributed by atoms with Gasteiger partial charge in [-0.05, 0) is 39.3 Å². The minimum Gasteiger partial charge on any atom is -0.390 e. The van der Waals surface area contributed by atoms with Crippen LogP contribution in [-0.4, -0.2) is 15.1 Å². The van der Waals surface area contributed by atoms with Gasteiger partial charge in [-0.25, -0.2) is 4.98 Å². The van der Waals surface area contributed by atoms with Crippen molar-refractivity contribution < 1.29 is 5.11 Å². The first-order valence-corrected chi connectivity index (χ1v) is 9.87. The van der Waals surface area contributed by atoms with Crippen molar-refractivity contribution >= 4 is 22.6 Å². The van der Waals surface area contributed by atoms with E-state index < -0.39 is 5.41 Å². The summed E-state index contributed by atoms with van der Waals surface area (Å²) in [5.41, 5.74) is 4.33. The van der Waals surface area contributed by atoms with Crippen LogP contribution in [-0.2, 0) is 12.0 Å². The number of aromatic nitrogens is 2. The number of aliphatic hydroxyl groups is 1. The SMILES string of the molecule is OCc1nc(I)[nH]c1C(c1ccccc1)(c1ccccc1)c1ccccc1. The molecular formula is C23H19IN2O. The predicted octanol–water partition coefficient (Wildman–Crippen LogP) is 4.89. The maximum absolute atomic E-state index is 10.0. The van der Waals surface area contributed by atoms with Gasteiger partial charge in [0.25, 0.3) is 0 Å². The fraction of sp³-hybridized carbons (Fsp3) is 0.0870. The van der Waals surface area contributed by atoms with Crippen LogP contribution >= 0.6 is 22.6 Å². The Labute approximate surface area is 172 Å². The van der Waals surface area contributed by atoms with Crippen molar-refractivity contribution in [1.82, 2.24) is 9.97 Å². The number of halogens is 1. The van der Waals surface area contributed by atoms with Gasteiger partial charge in [0.1, 0.15) is 0 Å². The molecule has 0 amide bonds.